The Bertz CT molecular complexity index is 679. The molecule has 0 spiro atoms. The molecular weight excluding hydrogens is 290 g/mol. The number of ether oxygens (including phenoxy) is 1. The van der Waals surface area contributed by atoms with Crippen LogP contribution in [0.25, 0.3) is 0 Å². The Morgan fingerprint density at radius 3 is 2.61 bits per heavy atom. The standard InChI is InChI=1S/C18H21N3O2/c1-13(2)12-23-17-6-4-3-5-15(17)11-20-21-18(22)14-7-9-16(19)10-8-14/h3-11,13H,12,19H2,1-2H3,(H,21,22)/b20-11-. The Kier molecular flexibility index (Phi) is 5.74. The van der Waals surface area contributed by atoms with E-state index in [2.05, 4.69) is 24.4 Å². The fourth-order valence-corrected chi connectivity index (χ4v) is 1.83. The van der Waals surface area contributed by atoms with Crippen LogP contribution >= 0.6 is 0 Å². The highest BCUT2D eigenvalue weighted by Gasteiger charge is 2.04. The Balaban J connectivity index is 2.00. The van der Waals surface area contributed by atoms with Crippen LogP contribution in [0.4, 0.5) is 5.69 Å². The molecule has 2 aromatic rings. The zero-order chi connectivity index (χ0) is 16.7. The first kappa shape index (κ1) is 16.5. The highest BCUT2D eigenvalue weighted by Crippen LogP contribution is 2.16. The number of carbonyl (C=O) groups excluding carboxylic acids is 1. The van der Waals surface area contributed by atoms with E-state index in [4.69, 9.17) is 10.5 Å². The molecule has 0 heterocycles. The van der Waals surface area contributed by atoms with Gasteiger partial charge in [-0.3, -0.25) is 4.79 Å². The fraction of sp³-hybridized carbons (Fsp3) is 0.222. The SMILES string of the molecule is CC(C)COc1ccccc1/C=N\NC(=O)c1ccc(N)cc1. The van der Waals surface area contributed by atoms with Crippen LogP contribution < -0.4 is 15.9 Å². The monoisotopic (exact) mass is 311 g/mol. The van der Waals surface area contributed by atoms with E-state index in [0.29, 0.717) is 23.8 Å². The van der Waals surface area contributed by atoms with Gasteiger partial charge in [0.1, 0.15) is 5.75 Å². The lowest BCUT2D eigenvalue weighted by atomic mass is 10.2. The summed E-state index contributed by atoms with van der Waals surface area (Å²) in [5, 5.41) is 3.99. The van der Waals surface area contributed by atoms with Crippen LogP contribution in [0.1, 0.15) is 29.8 Å². The van der Waals surface area contributed by atoms with Crippen LogP contribution in [-0.4, -0.2) is 18.7 Å². The van der Waals surface area contributed by atoms with Gasteiger partial charge in [0, 0.05) is 16.8 Å². The summed E-state index contributed by atoms with van der Waals surface area (Å²) in [6.07, 6.45) is 1.57. The van der Waals surface area contributed by atoms with Crippen molar-refractivity contribution in [3.05, 3.63) is 59.7 Å². The maximum absolute atomic E-state index is 11.9. The van der Waals surface area contributed by atoms with Gasteiger partial charge in [-0.05, 0) is 42.3 Å². The Hall–Kier alpha value is -2.82. The first-order valence-corrected chi connectivity index (χ1v) is 7.47. The number of hydrazone groups is 1. The molecule has 0 aliphatic heterocycles. The van der Waals surface area contributed by atoms with Crippen molar-refractivity contribution in [2.24, 2.45) is 11.0 Å². The molecule has 0 atom stereocenters. The molecule has 23 heavy (non-hydrogen) atoms. The van der Waals surface area contributed by atoms with Crippen molar-refractivity contribution in [2.45, 2.75) is 13.8 Å². The molecule has 120 valence electrons. The molecule has 2 aromatic carbocycles. The second-order valence-corrected chi connectivity index (χ2v) is 5.56. The number of para-hydroxylation sites is 1. The summed E-state index contributed by atoms with van der Waals surface area (Å²) in [6.45, 7) is 4.80. The zero-order valence-corrected chi connectivity index (χ0v) is 13.3. The number of amides is 1. The molecule has 2 rings (SSSR count). The maximum atomic E-state index is 11.9. The molecule has 0 aliphatic carbocycles. The number of hydrogen-bond acceptors (Lipinski definition) is 4. The number of anilines is 1. The van der Waals surface area contributed by atoms with Gasteiger partial charge in [-0.25, -0.2) is 5.43 Å². The number of hydrogen-bond donors (Lipinski definition) is 2. The van der Waals surface area contributed by atoms with Gasteiger partial charge >= 0.3 is 0 Å². The summed E-state index contributed by atoms with van der Waals surface area (Å²) in [5.74, 6) is 0.888. The second kappa shape index (κ2) is 7.98. The van der Waals surface area contributed by atoms with Gasteiger partial charge in [-0.15, -0.1) is 0 Å². The quantitative estimate of drug-likeness (QED) is 0.489. The summed E-state index contributed by atoms with van der Waals surface area (Å²) in [6, 6.07) is 14.2. The molecule has 0 unspecified atom stereocenters. The molecule has 0 aliphatic rings. The van der Waals surface area contributed by atoms with Crippen LogP contribution in [-0.2, 0) is 0 Å². The van der Waals surface area contributed by atoms with Crippen molar-refractivity contribution < 1.29 is 9.53 Å². The lowest BCUT2D eigenvalue weighted by Gasteiger charge is -2.10. The summed E-state index contributed by atoms with van der Waals surface area (Å²) in [5.41, 5.74) is 10.0. The molecule has 0 radical (unpaired) electrons. The highest BCUT2D eigenvalue weighted by atomic mass is 16.5. The van der Waals surface area contributed by atoms with E-state index in [9.17, 15) is 4.79 Å². The summed E-state index contributed by atoms with van der Waals surface area (Å²) >= 11 is 0. The lowest BCUT2D eigenvalue weighted by Crippen LogP contribution is -2.17. The third-order valence-corrected chi connectivity index (χ3v) is 3.03. The Labute approximate surface area is 136 Å². The number of rotatable bonds is 6. The number of nitrogens with one attached hydrogen (secondary N) is 1. The predicted molar refractivity (Wildman–Crippen MR) is 92.7 cm³/mol. The van der Waals surface area contributed by atoms with Crippen LogP contribution in [0.3, 0.4) is 0 Å². The molecule has 5 nitrogen and oxygen atoms in total. The summed E-state index contributed by atoms with van der Waals surface area (Å²) in [4.78, 5) is 11.9. The van der Waals surface area contributed by atoms with Gasteiger partial charge < -0.3 is 10.5 Å². The van der Waals surface area contributed by atoms with Gasteiger partial charge in [-0.2, -0.15) is 5.10 Å². The third-order valence-electron chi connectivity index (χ3n) is 3.03. The van der Waals surface area contributed by atoms with Crippen LogP contribution in [0.5, 0.6) is 5.75 Å². The molecule has 1 amide bonds. The molecular formula is C18H21N3O2. The van der Waals surface area contributed by atoms with E-state index < -0.39 is 0 Å². The van der Waals surface area contributed by atoms with Crippen LogP contribution in [0, 0.1) is 5.92 Å². The molecule has 5 heteroatoms. The van der Waals surface area contributed by atoms with E-state index in [1.807, 2.05) is 24.3 Å². The van der Waals surface area contributed by atoms with Crippen molar-refractivity contribution in [1.82, 2.24) is 5.43 Å². The van der Waals surface area contributed by atoms with E-state index in [1.54, 1.807) is 30.5 Å². The van der Waals surface area contributed by atoms with Gasteiger partial charge in [0.2, 0.25) is 0 Å². The molecule has 3 N–H and O–H groups in total. The minimum atomic E-state index is -0.290. The maximum Gasteiger partial charge on any atom is 0.271 e. The van der Waals surface area contributed by atoms with E-state index in [-0.39, 0.29) is 5.91 Å². The molecule has 0 aromatic heterocycles. The fourth-order valence-electron chi connectivity index (χ4n) is 1.83. The number of nitrogens with zero attached hydrogens (tertiary/aromatic N) is 1. The molecule has 0 bridgehead atoms. The largest absolute Gasteiger partial charge is 0.493 e. The van der Waals surface area contributed by atoms with Crippen molar-refractivity contribution in [1.29, 1.82) is 0 Å². The van der Waals surface area contributed by atoms with Gasteiger partial charge in [0.05, 0.1) is 12.8 Å². The van der Waals surface area contributed by atoms with E-state index in [1.165, 1.54) is 0 Å². The van der Waals surface area contributed by atoms with Crippen molar-refractivity contribution in [3.8, 4) is 5.75 Å². The normalized spacial score (nSPS) is 10.9. The highest BCUT2D eigenvalue weighted by molar-refractivity contribution is 5.95. The van der Waals surface area contributed by atoms with Gasteiger partial charge in [0.15, 0.2) is 0 Å². The Morgan fingerprint density at radius 2 is 1.91 bits per heavy atom. The number of benzene rings is 2. The summed E-state index contributed by atoms with van der Waals surface area (Å²) < 4.78 is 5.74. The predicted octanol–water partition coefficient (Wildman–Crippen LogP) is 3.07. The minimum Gasteiger partial charge on any atom is -0.493 e. The molecule has 0 saturated heterocycles. The molecule has 0 saturated carbocycles. The van der Waals surface area contributed by atoms with Crippen molar-refractivity contribution in [2.75, 3.05) is 12.3 Å². The minimum absolute atomic E-state index is 0.290. The average molecular weight is 311 g/mol. The third kappa shape index (κ3) is 5.14. The average Bonchev–Trinajstić information content (AvgIpc) is 2.54. The van der Waals surface area contributed by atoms with Gasteiger partial charge in [0.25, 0.3) is 5.91 Å². The first-order valence-electron chi connectivity index (χ1n) is 7.47. The molecule has 0 fully saturated rings. The van der Waals surface area contributed by atoms with Crippen molar-refractivity contribution >= 4 is 17.8 Å². The second-order valence-electron chi connectivity index (χ2n) is 5.56. The van der Waals surface area contributed by atoms with Gasteiger partial charge in [-0.1, -0.05) is 26.0 Å². The summed E-state index contributed by atoms with van der Waals surface area (Å²) in [7, 11) is 0. The van der Waals surface area contributed by atoms with Crippen LogP contribution in [0.2, 0.25) is 0 Å². The van der Waals surface area contributed by atoms with E-state index in [0.717, 1.165) is 11.3 Å². The number of carbonyl (C=O) groups is 1. The van der Waals surface area contributed by atoms with Crippen molar-refractivity contribution in [3.63, 3.8) is 0 Å². The topological polar surface area (TPSA) is 76.7 Å². The zero-order valence-electron chi connectivity index (χ0n) is 13.3. The number of nitrogens with two attached hydrogens (primary N) is 1. The van der Waals surface area contributed by atoms with E-state index >= 15 is 0 Å². The van der Waals surface area contributed by atoms with Crippen LogP contribution in [0.15, 0.2) is 53.6 Å². The Morgan fingerprint density at radius 1 is 1.22 bits per heavy atom. The first-order chi connectivity index (χ1) is 11.1. The lowest BCUT2D eigenvalue weighted by molar-refractivity contribution is 0.0955. The number of nitrogen functional groups attached to an aromatic ring is 1. The smallest absolute Gasteiger partial charge is 0.271 e.